The minimum Gasteiger partial charge on any atom is -0.354 e. The van der Waals surface area contributed by atoms with Gasteiger partial charge >= 0.3 is 0 Å². The first-order valence-corrected chi connectivity index (χ1v) is 14.2. The molecule has 1 heteroatoms. The molecule has 0 aliphatic heterocycles. The summed E-state index contributed by atoms with van der Waals surface area (Å²) < 4.78 is 0. The van der Waals surface area contributed by atoms with Crippen molar-refractivity contribution in [1.82, 2.24) is 4.98 Å². The average Bonchev–Trinajstić information content (AvgIpc) is 3.42. The minimum absolute atomic E-state index is 1.16. The summed E-state index contributed by atoms with van der Waals surface area (Å²) in [6.45, 7) is 0. The molecule has 0 unspecified atom stereocenters. The molecule has 0 saturated heterocycles. The van der Waals surface area contributed by atoms with Crippen molar-refractivity contribution in [3.63, 3.8) is 0 Å². The third-order valence-electron chi connectivity index (χ3n) is 8.75. The Morgan fingerprint density at radius 1 is 0.317 bits per heavy atom. The molecule has 0 amide bonds. The molecule has 41 heavy (non-hydrogen) atoms. The van der Waals surface area contributed by atoms with Gasteiger partial charge in [0.15, 0.2) is 0 Å². The van der Waals surface area contributed by atoms with Gasteiger partial charge in [0.25, 0.3) is 0 Å². The van der Waals surface area contributed by atoms with Crippen molar-refractivity contribution in [2.75, 3.05) is 0 Å². The summed E-state index contributed by atoms with van der Waals surface area (Å²) in [6, 6.07) is 53.4. The SMILES string of the molecule is c1ccc2c(c1)ccc1cc(-c3cc(-c4ccc5c(ccc6ccccc65)c4)c4[nH]c5ccccc5c4c3)ccc12. The van der Waals surface area contributed by atoms with Crippen LogP contribution in [0.25, 0.3) is 87.1 Å². The Kier molecular flexibility index (Phi) is 4.67. The highest BCUT2D eigenvalue weighted by Gasteiger charge is 2.14. The number of aromatic amines is 1. The molecule has 1 aromatic heterocycles. The Bertz CT molecular complexity index is 2480. The van der Waals surface area contributed by atoms with Gasteiger partial charge in [-0.15, -0.1) is 0 Å². The van der Waals surface area contributed by atoms with E-state index in [0.29, 0.717) is 0 Å². The van der Waals surface area contributed by atoms with Gasteiger partial charge in [-0.05, 0) is 90.1 Å². The minimum atomic E-state index is 1.16. The van der Waals surface area contributed by atoms with Gasteiger partial charge in [0.1, 0.15) is 0 Å². The number of nitrogens with one attached hydrogen (secondary N) is 1. The Labute approximate surface area is 237 Å². The zero-order valence-electron chi connectivity index (χ0n) is 22.4. The highest BCUT2D eigenvalue weighted by atomic mass is 14.7. The monoisotopic (exact) mass is 519 g/mol. The molecule has 0 bridgehead atoms. The smallest absolute Gasteiger partial charge is 0.0544 e. The normalized spacial score (nSPS) is 11.9. The topological polar surface area (TPSA) is 15.8 Å². The lowest BCUT2D eigenvalue weighted by atomic mass is 9.92. The van der Waals surface area contributed by atoms with Crippen molar-refractivity contribution in [2.24, 2.45) is 0 Å². The molecule has 9 rings (SSSR count). The van der Waals surface area contributed by atoms with Crippen LogP contribution in [0.15, 0.2) is 146 Å². The first-order valence-electron chi connectivity index (χ1n) is 14.2. The molecular formula is C40H25N. The third-order valence-corrected chi connectivity index (χ3v) is 8.75. The summed E-state index contributed by atoms with van der Waals surface area (Å²) in [4.78, 5) is 3.75. The average molecular weight is 520 g/mol. The van der Waals surface area contributed by atoms with Crippen molar-refractivity contribution >= 4 is 64.9 Å². The van der Waals surface area contributed by atoms with Crippen LogP contribution < -0.4 is 0 Å². The van der Waals surface area contributed by atoms with Crippen LogP contribution in [0.3, 0.4) is 0 Å². The van der Waals surface area contributed by atoms with Crippen molar-refractivity contribution in [3.8, 4) is 22.3 Å². The molecule has 0 aliphatic rings. The predicted molar refractivity (Wildman–Crippen MR) is 177 cm³/mol. The number of fused-ring (bicyclic) bond motifs is 9. The largest absolute Gasteiger partial charge is 0.354 e. The van der Waals surface area contributed by atoms with Gasteiger partial charge < -0.3 is 4.98 Å². The molecule has 1 heterocycles. The van der Waals surface area contributed by atoms with E-state index in [4.69, 9.17) is 0 Å². The Morgan fingerprint density at radius 2 is 0.854 bits per heavy atom. The zero-order chi connectivity index (χ0) is 26.9. The second-order valence-corrected chi connectivity index (χ2v) is 11.1. The maximum absolute atomic E-state index is 3.75. The number of aromatic nitrogens is 1. The number of hydrogen-bond acceptors (Lipinski definition) is 0. The van der Waals surface area contributed by atoms with E-state index in [-0.39, 0.29) is 0 Å². The first-order chi connectivity index (χ1) is 20.3. The van der Waals surface area contributed by atoms with Crippen molar-refractivity contribution in [2.45, 2.75) is 0 Å². The maximum Gasteiger partial charge on any atom is 0.0544 e. The number of H-pyrrole nitrogens is 1. The van der Waals surface area contributed by atoms with E-state index >= 15 is 0 Å². The van der Waals surface area contributed by atoms with Crippen LogP contribution >= 0.6 is 0 Å². The molecule has 0 atom stereocenters. The predicted octanol–water partition coefficient (Wildman–Crippen LogP) is 11.3. The first kappa shape index (κ1) is 22.4. The fourth-order valence-electron chi connectivity index (χ4n) is 6.72. The molecule has 0 fully saturated rings. The van der Waals surface area contributed by atoms with Gasteiger partial charge in [0.05, 0.1) is 5.52 Å². The van der Waals surface area contributed by atoms with Gasteiger partial charge in [-0.25, -0.2) is 0 Å². The third kappa shape index (κ3) is 3.43. The number of benzene rings is 8. The molecule has 8 aromatic carbocycles. The molecule has 9 aromatic rings. The Balaban J connectivity index is 1.30. The van der Waals surface area contributed by atoms with Crippen LogP contribution in [0.4, 0.5) is 0 Å². The summed E-state index contributed by atoms with van der Waals surface area (Å²) in [5.41, 5.74) is 7.25. The summed E-state index contributed by atoms with van der Waals surface area (Å²) >= 11 is 0. The maximum atomic E-state index is 3.75. The quantitative estimate of drug-likeness (QED) is 0.219. The highest BCUT2D eigenvalue weighted by molar-refractivity contribution is 6.15. The Morgan fingerprint density at radius 3 is 1.56 bits per heavy atom. The van der Waals surface area contributed by atoms with E-state index in [2.05, 4.69) is 151 Å². The number of para-hydroxylation sites is 1. The Hall–Kier alpha value is -5.40. The lowest BCUT2D eigenvalue weighted by Crippen LogP contribution is -1.87. The zero-order valence-corrected chi connectivity index (χ0v) is 22.4. The van der Waals surface area contributed by atoms with Crippen molar-refractivity contribution in [1.29, 1.82) is 0 Å². The molecule has 1 nitrogen and oxygen atoms in total. The van der Waals surface area contributed by atoms with Gasteiger partial charge in [-0.3, -0.25) is 0 Å². The summed E-state index contributed by atoms with van der Waals surface area (Å²) in [5, 5.41) is 12.8. The fraction of sp³-hybridized carbons (Fsp3) is 0. The molecule has 0 saturated carbocycles. The second-order valence-electron chi connectivity index (χ2n) is 11.1. The lowest BCUT2D eigenvalue weighted by Gasteiger charge is -2.12. The van der Waals surface area contributed by atoms with Crippen LogP contribution in [-0.4, -0.2) is 4.98 Å². The molecule has 1 N–H and O–H groups in total. The van der Waals surface area contributed by atoms with E-state index in [0.717, 1.165) is 5.52 Å². The highest BCUT2D eigenvalue weighted by Crippen LogP contribution is 2.40. The van der Waals surface area contributed by atoms with Crippen LogP contribution in [0.5, 0.6) is 0 Å². The molecular weight excluding hydrogens is 494 g/mol. The number of hydrogen-bond donors (Lipinski definition) is 1. The van der Waals surface area contributed by atoms with Crippen molar-refractivity contribution < 1.29 is 0 Å². The molecule has 0 aliphatic carbocycles. The number of rotatable bonds is 2. The van der Waals surface area contributed by atoms with E-state index in [1.54, 1.807) is 0 Å². The fourth-order valence-corrected chi connectivity index (χ4v) is 6.72. The molecule has 0 spiro atoms. The van der Waals surface area contributed by atoms with E-state index < -0.39 is 0 Å². The van der Waals surface area contributed by atoms with Gasteiger partial charge in [0, 0.05) is 21.9 Å². The van der Waals surface area contributed by atoms with Gasteiger partial charge in [-0.1, -0.05) is 115 Å². The lowest BCUT2D eigenvalue weighted by molar-refractivity contribution is 1.54. The van der Waals surface area contributed by atoms with E-state index in [1.807, 2.05) is 0 Å². The van der Waals surface area contributed by atoms with E-state index in [9.17, 15) is 0 Å². The molecule has 190 valence electrons. The standard InChI is InChI=1S/C40H25N/c1-3-9-32-25(7-1)13-15-28-21-27(17-19-34(28)32)31-23-37(40-38(24-31)36-11-5-6-12-39(36)41-40)30-18-20-35-29(22-30)16-14-26-8-2-4-10-33(26)35/h1-24,41H. The van der Waals surface area contributed by atoms with Gasteiger partial charge in [-0.2, -0.15) is 0 Å². The second kappa shape index (κ2) is 8.55. The van der Waals surface area contributed by atoms with E-state index in [1.165, 1.54) is 81.6 Å². The van der Waals surface area contributed by atoms with Gasteiger partial charge in [0.2, 0.25) is 0 Å². The van der Waals surface area contributed by atoms with Crippen LogP contribution in [0.1, 0.15) is 0 Å². The molecule has 0 radical (unpaired) electrons. The summed E-state index contributed by atoms with van der Waals surface area (Å²) in [5.74, 6) is 0. The van der Waals surface area contributed by atoms with Crippen molar-refractivity contribution in [3.05, 3.63) is 146 Å². The van der Waals surface area contributed by atoms with Crippen LogP contribution in [0, 0.1) is 0 Å². The van der Waals surface area contributed by atoms with Crippen LogP contribution in [0.2, 0.25) is 0 Å². The summed E-state index contributed by atoms with van der Waals surface area (Å²) in [6.07, 6.45) is 0. The van der Waals surface area contributed by atoms with Crippen LogP contribution in [-0.2, 0) is 0 Å². The summed E-state index contributed by atoms with van der Waals surface area (Å²) in [7, 11) is 0.